The summed E-state index contributed by atoms with van der Waals surface area (Å²) < 4.78 is 12.6. The zero-order valence-corrected chi connectivity index (χ0v) is 9.09. The molecular formula is C10H10FN5O. The number of rotatable bonds is 3. The maximum atomic E-state index is 12.6. The molecule has 0 radical (unpaired) electrons. The van der Waals surface area contributed by atoms with Crippen LogP contribution in [0, 0.1) is 5.82 Å². The average molecular weight is 235 g/mol. The van der Waals surface area contributed by atoms with Crippen molar-refractivity contribution in [2.24, 2.45) is 0 Å². The van der Waals surface area contributed by atoms with Gasteiger partial charge in [0.1, 0.15) is 23.7 Å². The Morgan fingerprint density at radius 2 is 2.29 bits per heavy atom. The van der Waals surface area contributed by atoms with E-state index in [-0.39, 0.29) is 18.1 Å². The molecule has 88 valence electrons. The number of aromatic amines is 1. The molecule has 2 rings (SSSR count). The lowest BCUT2D eigenvalue weighted by Gasteiger charge is -2.14. The number of hydrogen-bond acceptors (Lipinski definition) is 4. The van der Waals surface area contributed by atoms with Gasteiger partial charge in [-0.25, -0.2) is 14.4 Å². The summed E-state index contributed by atoms with van der Waals surface area (Å²) in [6.07, 6.45) is 2.37. The summed E-state index contributed by atoms with van der Waals surface area (Å²) in [5.41, 5.74) is 0.188. The standard InChI is InChI=1S/C10H10FN5O/c1-16(5-9-13-6-14-15-9)10(17)8-3-2-7(11)4-12-8/h2-4,6H,5H2,1H3,(H,13,14,15). The van der Waals surface area contributed by atoms with E-state index >= 15 is 0 Å². The number of carbonyl (C=O) groups is 1. The molecule has 0 aliphatic carbocycles. The van der Waals surface area contributed by atoms with Crippen LogP contribution in [0.15, 0.2) is 24.7 Å². The number of nitrogens with one attached hydrogen (secondary N) is 1. The van der Waals surface area contributed by atoms with E-state index in [0.29, 0.717) is 5.82 Å². The van der Waals surface area contributed by atoms with Gasteiger partial charge in [0.2, 0.25) is 0 Å². The molecule has 2 heterocycles. The van der Waals surface area contributed by atoms with Crippen molar-refractivity contribution in [3.8, 4) is 0 Å². The zero-order chi connectivity index (χ0) is 12.3. The second kappa shape index (κ2) is 4.69. The molecule has 1 N–H and O–H groups in total. The van der Waals surface area contributed by atoms with E-state index in [9.17, 15) is 9.18 Å². The number of halogens is 1. The molecule has 0 atom stereocenters. The molecule has 2 aromatic heterocycles. The van der Waals surface area contributed by atoms with Crippen molar-refractivity contribution < 1.29 is 9.18 Å². The zero-order valence-electron chi connectivity index (χ0n) is 9.09. The number of pyridine rings is 1. The number of H-pyrrole nitrogens is 1. The minimum Gasteiger partial charge on any atom is -0.333 e. The molecule has 0 fully saturated rings. The number of nitrogens with zero attached hydrogens (tertiary/aromatic N) is 4. The smallest absolute Gasteiger partial charge is 0.272 e. The summed E-state index contributed by atoms with van der Waals surface area (Å²) in [7, 11) is 1.61. The average Bonchev–Trinajstić information content (AvgIpc) is 2.82. The van der Waals surface area contributed by atoms with Gasteiger partial charge in [-0.05, 0) is 12.1 Å². The van der Waals surface area contributed by atoms with Crippen LogP contribution in [0.1, 0.15) is 16.3 Å². The van der Waals surface area contributed by atoms with E-state index < -0.39 is 5.82 Å². The fourth-order valence-corrected chi connectivity index (χ4v) is 1.30. The third kappa shape index (κ3) is 2.63. The number of amides is 1. The first kappa shape index (κ1) is 11.2. The van der Waals surface area contributed by atoms with Crippen LogP contribution in [0.2, 0.25) is 0 Å². The number of hydrogen-bond donors (Lipinski definition) is 1. The van der Waals surface area contributed by atoms with Gasteiger partial charge in [-0.2, -0.15) is 5.10 Å². The van der Waals surface area contributed by atoms with E-state index in [4.69, 9.17) is 0 Å². The molecule has 2 aromatic rings. The molecular weight excluding hydrogens is 225 g/mol. The molecule has 7 heteroatoms. The Bertz CT molecular complexity index is 496. The maximum absolute atomic E-state index is 12.6. The molecule has 6 nitrogen and oxygen atoms in total. The Kier molecular flexibility index (Phi) is 3.08. The van der Waals surface area contributed by atoms with Crippen LogP contribution in [0.4, 0.5) is 4.39 Å². The Hall–Kier alpha value is -2.31. The highest BCUT2D eigenvalue weighted by atomic mass is 19.1. The molecule has 0 saturated heterocycles. The first-order valence-corrected chi connectivity index (χ1v) is 4.88. The molecule has 1 amide bonds. The van der Waals surface area contributed by atoms with Crippen molar-refractivity contribution >= 4 is 5.91 Å². The van der Waals surface area contributed by atoms with Gasteiger partial charge in [0.25, 0.3) is 5.91 Å². The Labute approximate surface area is 96.5 Å². The number of aromatic nitrogens is 4. The van der Waals surface area contributed by atoms with E-state index in [0.717, 1.165) is 6.20 Å². The summed E-state index contributed by atoms with van der Waals surface area (Å²) in [4.78, 5) is 20.9. The molecule has 17 heavy (non-hydrogen) atoms. The minimum atomic E-state index is -0.473. The van der Waals surface area contributed by atoms with Crippen LogP contribution in [-0.2, 0) is 6.54 Å². The van der Waals surface area contributed by atoms with Crippen LogP contribution in [0.25, 0.3) is 0 Å². The highest BCUT2D eigenvalue weighted by Crippen LogP contribution is 2.04. The van der Waals surface area contributed by atoms with Crippen molar-refractivity contribution in [2.75, 3.05) is 7.05 Å². The Morgan fingerprint density at radius 1 is 1.47 bits per heavy atom. The monoisotopic (exact) mass is 235 g/mol. The summed E-state index contributed by atoms with van der Waals surface area (Å²) in [5.74, 6) is -0.205. The van der Waals surface area contributed by atoms with Crippen LogP contribution in [0.3, 0.4) is 0 Å². The largest absolute Gasteiger partial charge is 0.333 e. The highest BCUT2D eigenvalue weighted by molar-refractivity contribution is 5.91. The van der Waals surface area contributed by atoms with Crippen LogP contribution < -0.4 is 0 Å². The summed E-state index contributed by atoms with van der Waals surface area (Å²) >= 11 is 0. The van der Waals surface area contributed by atoms with Crippen molar-refractivity contribution in [1.82, 2.24) is 25.1 Å². The molecule has 0 saturated carbocycles. The lowest BCUT2D eigenvalue weighted by atomic mass is 10.3. The molecule has 0 aliphatic heterocycles. The first-order valence-electron chi connectivity index (χ1n) is 4.88. The highest BCUT2D eigenvalue weighted by Gasteiger charge is 2.14. The Morgan fingerprint density at radius 3 is 2.88 bits per heavy atom. The SMILES string of the molecule is CN(Cc1ncn[nH]1)C(=O)c1ccc(F)cn1. The first-order chi connectivity index (χ1) is 8.16. The second-order valence-corrected chi connectivity index (χ2v) is 3.46. The van der Waals surface area contributed by atoms with E-state index in [1.807, 2.05) is 0 Å². The van der Waals surface area contributed by atoms with E-state index in [1.54, 1.807) is 7.05 Å². The molecule has 0 aromatic carbocycles. The number of carbonyl (C=O) groups excluding carboxylic acids is 1. The summed E-state index contributed by atoms with van der Waals surface area (Å²) in [6, 6.07) is 2.54. The Balaban J connectivity index is 2.07. The molecule has 0 bridgehead atoms. The molecule has 0 unspecified atom stereocenters. The van der Waals surface area contributed by atoms with Crippen molar-refractivity contribution in [3.05, 3.63) is 42.0 Å². The third-order valence-corrected chi connectivity index (χ3v) is 2.15. The lowest BCUT2D eigenvalue weighted by Crippen LogP contribution is -2.27. The van der Waals surface area contributed by atoms with E-state index in [1.165, 1.54) is 23.4 Å². The van der Waals surface area contributed by atoms with Gasteiger partial charge in [-0.15, -0.1) is 0 Å². The minimum absolute atomic E-state index is 0.188. The topological polar surface area (TPSA) is 74.8 Å². The molecule has 0 aliphatic rings. The van der Waals surface area contributed by atoms with E-state index in [2.05, 4.69) is 20.2 Å². The maximum Gasteiger partial charge on any atom is 0.272 e. The van der Waals surface area contributed by atoms with Crippen LogP contribution in [-0.4, -0.2) is 38.0 Å². The third-order valence-electron chi connectivity index (χ3n) is 2.15. The van der Waals surface area contributed by atoms with Gasteiger partial charge in [0.15, 0.2) is 0 Å². The predicted molar refractivity (Wildman–Crippen MR) is 56.4 cm³/mol. The van der Waals surface area contributed by atoms with Crippen molar-refractivity contribution in [2.45, 2.75) is 6.54 Å². The van der Waals surface area contributed by atoms with Crippen molar-refractivity contribution in [3.63, 3.8) is 0 Å². The molecule has 0 spiro atoms. The van der Waals surface area contributed by atoms with Gasteiger partial charge < -0.3 is 4.90 Å². The van der Waals surface area contributed by atoms with Gasteiger partial charge in [-0.3, -0.25) is 9.89 Å². The lowest BCUT2D eigenvalue weighted by molar-refractivity contribution is 0.0776. The van der Waals surface area contributed by atoms with Gasteiger partial charge in [0, 0.05) is 7.05 Å². The second-order valence-electron chi connectivity index (χ2n) is 3.46. The fourth-order valence-electron chi connectivity index (χ4n) is 1.30. The van der Waals surface area contributed by atoms with Gasteiger partial charge in [-0.1, -0.05) is 0 Å². The summed E-state index contributed by atoms with van der Waals surface area (Å²) in [5, 5.41) is 6.33. The van der Waals surface area contributed by atoms with Gasteiger partial charge in [0.05, 0.1) is 12.7 Å². The fraction of sp³-hybridized carbons (Fsp3) is 0.200. The van der Waals surface area contributed by atoms with Crippen molar-refractivity contribution in [1.29, 1.82) is 0 Å². The van der Waals surface area contributed by atoms with Gasteiger partial charge >= 0.3 is 0 Å². The quantitative estimate of drug-likeness (QED) is 0.845. The summed E-state index contributed by atoms with van der Waals surface area (Å²) in [6.45, 7) is 0.290. The van der Waals surface area contributed by atoms with Crippen LogP contribution >= 0.6 is 0 Å². The van der Waals surface area contributed by atoms with Crippen LogP contribution in [0.5, 0.6) is 0 Å². The normalized spacial score (nSPS) is 10.2. The predicted octanol–water partition coefficient (Wildman–Crippen LogP) is 0.611.